The van der Waals surface area contributed by atoms with Crippen molar-refractivity contribution in [2.75, 3.05) is 0 Å². The van der Waals surface area contributed by atoms with Crippen LogP contribution in [0.1, 0.15) is 48.1 Å². The first kappa shape index (κ1) is 15.7. The smallest absolute Gasteiger partial charge is 0.161 e. The largest absolute Gasteiger partial charge is 0.318 e. The van der Waals surface area contributed by atoms with Crippen LogP contribution in [0.15, 0.2) is 30.3 Å². The average molecular weight is 268 g/mol. The summed E-state index contributed by atoms with van der Waals surface area (Å²) < 4.78 is 2.03. The van der Waals surface area contributed by atoms with Gasteiger partial charge in [-0.05, 0) is 51.1 Å². The summed E-state index contributed by atoms with van der Waals surface area (Å²) in [7, 11) is 0. The lowest BCUT2D eigenvalue weighted by atomic mass is 10.2. The number of nitriles is 1. The van der Waals surface area contributed by atoms with Crippen molar-refractivity contribution in [1.82, 2.24) is 4.57 Å². The number of aromatic nitrogens is 1. The van der Waals surface area contributed by atoms with Crippen molar-refractivity contribution in [3.05, 3.63) is 52.8 Å². The summed E-state index contributed by atoms with van der Waals surface area (Å²) in [6.07, 6.45) is 0. The zero-order valence-corrected chi connectivity index (χ0v) is 12.7. The van der Waals surface area contributed by atoms with Crippen molar-refractivity contribution in [3.63, 3.8) is 0 Å². The van der Waals surface area contributed by atoms with E-state index < -0.39 is 0 Å². The van der Waals surface area contributed by atoms with Crippen LogP contribution in [0.5, 0.6) is 0 Å². The molecular formula is C17H20N2O. The summed E-state index contributed by atoms with van der Waals surface area (Å²) in [4.78, 5) is 11.5. The number of ketones is 1. The van der Waals surface area contributed by atoms with Crippen LogP contribution in [-0.2, 0) is 0 Å². The maximum atomic E-state index is 11.5. The van der Waals surface area contributed by atoms with Gasteiger partial charge in [-0.25, -0.2) is 0 Å². The number of hydrogen-bond acceptors (Lipinski definition) is 2. The minimum Gasteiger partial charge on any atom is -0.318 e. The van der Waals surface area contributed by atoms with Gasteiger partial charge < -0.3 is 4.57 Å². The fourth-order valence-electron chi connectivity index (χ4n) is 2.20. The summed E-state index contributed by atoms with van der Waals surface area (Å²) in [6.45, 7) is 9.48. The molecular weight excluding hydrogens is 248 g/mol. The topological polar surface area (TPSA) is 45.8 Å². The molecule has 0 fully saturated rings. The zero-order valence-electron chi connectivity index (χ0n) is 12.7. The third-order valence-electron chi connectivity index (χ3n) is 3.07. The van der Waals surface area contributed by atoms with Crippen molar-refractivity contribution >= 4 is 5.78 Å². The lowest BCUT2D eigenvalue weighted by Crippen LogP contribution is -2.01. The predicted octanol–water partition coefficient (Wildman–Crippen LogP) is 4.19. The quantitative estimate of drug-likeness (QED) is 0.766. The molecule has 3 heteroatoms. The fraction of sp³-hybridized carbons (Fsp3) is 0.294. The Balaban J connectivity index is 0.000000956. The Hall–Kier alpha value is -2.34. The second kappa shape index (κ2) is 6.72. The van der Waals surface area contributed by atoms with E-state index in [2.05, 4.69) is 6.07 Å². The number of benzene rings is 1. The molecule has 1 aromatic heterocycles. The molecule has 3 nitrogen and oxygen atoms in total. The normalized spacial score (nSPS) is 9.40. The summed E-state index contributed by atoms with van der Waals surface area (Å²) in [5.41, 5.74) is 4.30. The third kappa shape index (κ3) is 2.97. The average Bonchev–Trinajstić information content (AvgIpc) is 2.77. The highest BCUT2D eigenvalue weighted by Gasteiger charge is 2.13. The Labute approximate surface area is 120 Å². The summed E-state index contributed by atoms with van der Waals surface area (Å²) in [6, 6.07) is 11.3. The van der Waals surface area contributed by atoms with E-state index in [0.29, 0.717) is 5.56 Å². The minimum atomic E-state index is 0.0722. The van der Waals surface area contributed by atoms with E-state index in [1.165, 1.54) is 0 Å². The number of aryl methyl sites for hydroxylation is 1. The van der Waals surface area contributed by atoms with Gasteiger partial charge in [-0.2, -0.15) is 5.26 Å². The molecule has 0 spiro atoms. The van der Waals surface area contributed by atoms with Crippen LogP contribution >= 0.6 is 0 Å². The molecule has 0 unspecified atom stereocenters. The number of hydrogen-bond donors (Lipinski definition) is 0. The molecule has 0 aliphatic heterocycles. The standard InChI is InChI=1S/C15H14N2O.C2H6/c1-10-8-15(12(3)18)11(2)17(10)14-6-4-13(9-16)5-7-14;1-2/h4-8H,1-3H3;1-2H3. The van der Waals surface area contributed by atoms with E-state index in [4.69, 9.17) is 5.26 Å². The summed E-state index contributed by atoms with van der Waals surface area (Å²) in [5.74, 6) is 0.0722. The molecule has 0 bridgehead atoms. The van der Waals surface area contributed by atoms with E-state index in [0.717, 1.165) is 22.6 Å². The van der Waals surface area contributed by atoms with Crippen LogP contribution in [0.2, 0.25) is 0 Å². The molecule has 0 N–H and O–H groups in total. The molecule has 2 aromatic rings. The highest BCUT2D eigenvalue weighted by atomic mass is 16.1. The van der Waals surface area contributed by atoms with E-state index in [9.17, 15) is 4.79 Å². The number of carbonyl (C=O) groups excluding carboxylic acids is 1. The van der Waals surface area contributed by atoms with Gasteiger partial charge >= 0.3 is 0 Å². The molecule has 1 heterocycles. The Morgan fingerprint density at radius 3 is 2.10 bits per heavy atom. The maximum Gasteiger partial charge on any atom is 0.161 e. The van der Waals surface area contributed by atoms with Gasteiger partial charge in [-0.15, -0.1) is 0 Å². The van der Waals surface area contributed by atoms with Gasteiger partial charge in [0.1, 0.15) is 0 Å². The van der Waals surface area contributed by atoms with Crippen LogP contribution in [0.4, 0.5) is 0 Å². The second-order valence-electron chi connectivity index (χ2n) is 4.34. The van der Waals surface area contributed by atoms with Crippen LogP contribution in [0.25, 0.3) is 5.69 Å². The summed E-state index contributed by atoms with van der Waals surface area (Å²) >= 11 is 0. The van der Waals surface area contributed by atoms with Crippen molar-refractivity contribution in [2.45, 2.75) is 34.6 Å². The van der Waals surface area contributed by atoms with Gasteiger partial charge in [-0.1, -0.05) is 13.8 Å². The van der Waals surface area contributed by atoms with Gasteiger partial charge in [0.05, 0.1) is 11.6 Å². The molecule has 0 amide bonds. The highest BCUT2D eigenvalue weighted by Crippen LogP contribution is 2.21. The van der Waals surface area contributed by atoms with E-state index in [1.807, 2.05) is 50.5 Å². The van der Waals surface area contributed by atoms with E-state index >= 15 is 0 Å². The van der Waals surface area contributed by atoms with E-state index in [-0.39, 0.29) is 5.78 Å². The molecule has 20 heavy (non-hydrogen) atoms. The molecule has 0 saturated heterocycles. The van der Waals surface area contributed by atoms with Gasteiger partial charge in [0, 0.05) is 22.6 Å². The Kier molecular flexibility index (Phi) is 5.28. The first-order valence-electron chi connectivity index (χ1n) is 6.75. The first-order chi connectivity index (χ1) is 9.54. The second-order valence-corrected chi connectivity index (χ2v) is 4.34. The molecule has 2 rings (SSSR count). The Morgan fingerprint density at radius 1 is 1.15 bits per heavy atom. The van der Waals surface area contributed by atoms with Crippen molar-refractivity contribution in [1.29, 1.82) is 5.26 Å². The molecule has 0 saturated carbocycles. The minimum absolute atomic E-state index is 0.0722. The highest BCUT2D eigenvalue weighted by molar-refractivity contribution is 5.95. The van der Waals surface area contributed by atoms with Gasteiger partial charge in [0.25, 0.3) is 0 Å². The lowest BCUT2D eigenvalue weighted by molar-refractivity contribution is 0.101. The van der Waals surface area contributed by atoms with Gasteiger partial charge in [-0.3, -0.25) is 4.79 Å². The Bertz CT molecular complexity index is 643. The number of carbonyl (C=O) groups is 1. The van der Waals surface area contributed by atoms with Crippen LogP contribution < -0.4 is 0 Å². The van der Waals surface area contributed by atoms with Gasteiger partial charge in [0.15, 0.2) is 5.78 Å². The maximum absolute atomic E-state index is 11.5. The van der Waals surface area contributed by atoms with Crippen molar-refractivity contribution < 1.29 is 4.79 Å². The SMILES string of the molecule is CC.CC(=O)c1cc(C)n(-c2ccc(C#N)cc2)c1C. The molecule has 104 valence electrons. The zero-order chi connectivity index (χ0) is 15.3. The van der Waals surface area contributed by atoms with Crippen molar-refractivity contribution in [3.8, 4) is 11.8 Å². The summed E-state index contributed by atoms with van der Waals surface area (Å²) in [5, 5.41) is 8.78. The van der Waals surface area contributed by atoms with Crippen LogP contribution in [0.3, 0.4) is 0 Å². The monoisotopic (exact) mass is 268 g/mol. The molecule has 0 radical (unpaired) electrons. The molecule has 0 aliphatic rings. The molecule has 0 atom stereocenters. The Morgan fingerprint density at radius 2 is 1.70 bits per heavy atom. The predicted molar refractivity (Wildman–Crippen MR) is 81.3 cm³/mol. The fourth-order valence-corrected chi connectivity index (χ4v) is 2.20. The lowest BCUT2D eigenvalue weighted by Gasteiger charge is -2.09. The molecule has 0 aliphatic carbocycles. The van der Waals surface area contributed by atoms with Crippen LogP contribution in [0, 0.1) is 25.2 Å². The van der Waals surface area contributed by atoms with Crippen LogP contribution in [-0.4, -0.2) is 10.4 Å². The van der Waals surface area contributed by atoms with Crippen molar-refractivity contribution in [2.24, 2.45) is 0 Å². The van der Waals surface area contributed by atoms with Gasteiger partial charge in [0.2, 0.25) is 0 Å². The third-order valence-corrected chi connectivity index (χ3v) is 3.07. The number of rotatable bonds is 2. The molecule has 1 aromatic carbocycles. The number of Topliss-reactive ketones (excluding diaryl/α,β-unsaturated/α-hetero) is 1. The van der Waals surface area contributed by atoms with E-state index in [1.54, 1.807) is 19.1 Å². The number of nitrogens with zero attached hydrogens (tertiary/aromatic N) is 2. The first-order valence-corrected chi connectivity index (χ1v) is 6.75.